The average molecular weight is 639 g/mol. The van der Waals surface area contributed by atoms with Gasteiger partial charge >= 0.3 is 0 Å². The number of para-hydroxylation sites is 1. The monoisotopic (exact) mass is 638 g/mol. The number of rotatable bonds is 5. The van der Waals surface area contributed by atoms with E-state index in [1.807, 2.05) is 62.4 Å². The lowest BCUT2D eigenvalue weighted by Gasteiger charge is -2.27. The number of ether oxygens (including phenoxy) is 1. The molecule has 47 heavy (non-hydrogen) atoms. The summed E-state index contributed by atoms with van der Waals surface area (Å²) >= 11 is 0. The van der Waals surface area contributed by atoms with Crippen LogP contribution in [0.4, 0.5) is 17.1 Å². The summed E-state index contributed by atoms with van der Waals surface area (Å²) in [5, 5.41) is 3.81. The number of pyridine rings is 1. The molecule has 0 unspecified atom stereocenters. The molecule has 1 aromatic heterocycles. The van der Waals surface area contributed by atoms with E-state index in [0.717, 1.165) is 16.8 Å². The summed E-state index contributed by atoms with van der Waals surface area (Å²) in [5.41, 5.74) is 4.73. The number of carbonyl (C=O) groups excluding carboxylic acids is 1. The lowest BCUT2D eigenvalue weighted by atomic mass is 9.81. The van der Waals surface area contributed by atoms with Crippen LogP contribution in [-0.4, -0.2) is 25.0 Å². The Bertz CT molecular complexity index is 2500. The highest BCUT2D eigenvalue weighted by atomic mass is 32.2. The number of carbonyl (C=O) groups is 1. The van der Waals surface area contributed by atoms with Crippen LogP contribution in [-0.2, 0) is 10.0 Å². The minimum Gasteiger partial charge on any atom is -0.455 e. The SMILES string of the molecule is Cc1ccc(Nc2cc(Oc3ccc(C)cc3)c3[nH]c(=O)c(C4=Nc5ccccc5S(=O)(=O)N4)c4c3c2C(=O)c2ccccc2-4)cc1. The fraction of sp³-hybridized carbons (Fsp3) is 0.0541. The average Bonchev–Trinajstić information content (AvgIpc) is 3.06. The number of hydrogen-bond acceptors (Lipinski definition) is 7. The van der Waals surface area contributed by atoms with E-state index in [1.165, 1.54) is 6.07 Å². The fourth-order valence-corrected chi connectivity index (χ4v) is 7.28. The minimum atomic E-state index is -4.06. The molecule has 2 aliphatic rings. The van der Waals surface area contributed by atoms with Gasteiger partial charge in [0.1, 0.15) is 10.6 Å². The molecule has 0 atom stereocenters. The van der Waals surface area contributed by atoms with Crippen molar-refractivity contribution in [1.29, 1.82) is 0 Å². The molecule has 0 radical (unpaired) electrons. The zero-order valence-corrected chi connectivity index (χ0v) is 26.0. The lowest BCUT2D eigenvalue weighted by Crippen LogP contribution is -2.38. The van der Waals surface area contributed by atoms with Crippen molar-refractivity contribution < 1.29 is 17.9 Å². The Morgan fingerprint density at radius 2 is 1.40 bits per heavy atom. The van der Waals surface area contributed by atoms with Gasteiger partial charge in [-0.1, -0.05) is 71.8 Å². The van der Waals surface area contributed by atoms with Gasteiger partial charge in [0.15, 0.2) is 17.4 Å². The first-order valence-electron chi connectivity index (χ1n) is 14.9. The van der Waals surface area contributed by atoms with Gasteiger partial charge in [-0.15, -0.1) is 0 Å². The van der Waals surface area contributed by atoms with Crippen molar-refractivity contribution in [1.82, 2.24) is 9.71 Å². The molecule has 0 saturated carbocycles. The summed E-state index contributed by atoms with van der Waals surface area (Å²) in [6, 6.07) is 30.2. The zero-order chi connectivity index (χ0) is 32.4. The molecule has 0 fully saturated rings. The van der Waals surface area contributed by atoms with Gasteiger partial charge < -0.3 is 15.0 Å². The highest BCUT2D eigenvalue weighted by Crippen LogP contribution is 2.47. The van der Waals surface area contributed by atoms with Crippen molar-refractivity contribution >= 4 is 49.6 Å². The largest absolute Gasteiger partial charge is 0.455 e. The van der Waals surface area contributed by atoms with E-state index in [4.69, 9.17) is 4.74 Å². The second-order valence-electron chi connectivity index (χ2n) is 11.6. The highest BCUT2D eigenvalue weighted by molar-refractivity contribution is 7.90. The van der Waals surface area contributed by atoms with Crippen LogP contribution in [0.2, 0.25) is 0 Å². The van der Waals surface area contributed by atoms with Gasteiger partial charge in [-0.3, -0.25) is 14.3 Å². The molecule has 5 aromatic carbocycles. The number of nitrogens with one attached hydrogen (secondary N) is 3. The molecule has 8 rings (SSSR count). The molecule has 0 amide bonds. The first-order valence-corrected chi connectivity index (χ1v) is 16.4. The van der Waals surface area contributed by atoms with Gasteiger partial charge in [0, 0.05) is 28.3 Å². The molecule has 1 aliphatic heterocycles. The molecular formula is C37H26N4O5S. The normalized spacial score (nSPS) is 14.1. The Kier molecular flexibility index (Phi) is 6.38. The number of nitrogens with zero attached hydrogens (tertiary/aromatic N) is 1. The van der Waals surface area contributed by atoms with Gasteiger partial charge in [0.05, 0.1) is 28.0 Å². The van der Waals surface area contributed by atoms with Crippen LogP contribution >= 0.6 is 0 Å². The molecule has 2 heterocycles. The smallest absolute Gasteiger partial charge is 0.265 e. The predicted molar refractivity (Wildman–Crippen MR) is 182 cm³/mol. The van der Waals surface area contributed by atoms with Gasteiger partial charge in [-0.2, -0.15) is 0 Å². The molecule has 10 heteroatoms. The van der Waals surface area contributed by atoms with E-state index in [0.29, 0.717) is 50.3 Å². The summed E-state index contributed by atoms with van der Waals surface area (Å²) in [4.78, 5) is 36.1. The van der Waals surface area contributed by atoms with Gasteiger partial charge in [0.2, 0.25) is 0 Å². The Balaban J connectivity index is 1.48. The van der Waals surface area contributed by atoms with Crippen LogP contribution in [0.1, 0.15) is 32.6 Å². The van der Waals surface area contributed by atoms with E-state index < -0.39 is 15.6 Å². The summed E-state index contributed by atoms with van der Waals surface area (Å²) in [5.74, 6) is 0.428. The summed E-state index contributed by atoms with van der Waals surface area (Å²) < 4.78 is 35.7. The summed E-state index contributed by atoms with van der Waals surface area (Å²) in [7, 11) is -4.06. The number of ketones is 1. The maximum absolute atomic E-state index is 14.4. The quantitative estimate of drug-likeness (QED) is 0.182. The van der Waals surface area contributed by atoms with E-state index in [-0.39, 0.29) is 27.8 Å². The molecule has 0 spiro atoms. The van der Waals surface area contributed by atoms with Crippen molar-refractivity contribution in [2.45, 2.75) is 18.7 Å². The van der Waals surface area contributed by atoms with E-state index in [9.17, 15) is 18.0 Å². The Morgan fingerprint density at radius 1 is 0.745 bits per heavy atom. The third kappa shape index (κ3) is 4.69. The number of fused-ring (bicyclic) bond motifs is 3. The number of aromatic nitrogens is 1. The maximum atomic E-state index is 14.4. The van der Waals surface area contributed by atoms with Gasteiger partial charge in [-0.25, -0.2) is 13.4 Å². The van der Waals surface area contributed by atoms with E-state index in [2.05, 4.69) is 20.0 Å². The fourth-order valence-electron chi connectivity index (χ4n) is 6.13. The van der Waals surface area contributed by atoms with Crippen LogP contribution in [0.15, 0.2) is 118 Å². The third-order valence-electron chi connectivity index (χ3n) is 8.36. The molecule has 6 aromatic rings. The highest BCUT2D eigenvalue weighted by Gasteiger charge is 2.36. The number of aliphatic imine (C=N–C) groups is 1. The third-order valence-corrected chi connectivity index (χ3v) is 9.75. The number of aromatic amines is 1. The van der Waals surface area contributed by atoms with Crippen LogP contribution < -0.4 is 20.3 Å². The van der Waals surface area contributed by atoms with Crippen molar-refractivity contribution in [2.75, 3.05) is 5.32 Å². The minimum absolute atomic E-state index is 0.00393. The molecule has 0 saturated heterocycles. The number of aryl methyl sites for hydroxylation is 2. The lowest BCUT2D eigenvalue weighted by molar-refractivity contribution is 0.104. The summed E-state index contributed by atoms with van der Waals surface area (Å²) in [6.07, 6.45) is 0. The number of anilines is 2. The molecule has 230 valence electrons. The Morgan fingerprint density at radius 3 is 2.15 bits per heavy atom. The first kappa shape index (κ1) is 28.5. The second kappa shape index (κ2) is 10.5. The number of H-pyrrole nitrogens is 1. The molecule has 3 N–H and O–H groups in total. The first-order chi connectivity index (χ1) is 22.7. The van der Waals surface area contributed by atoms with Crippen molar-refractivity contribution in [3.63, 3.8) is 0 Å². The number of benzene rings is 5. The van der Waals surface area contributed by atoms with Crippen LogP contribution in [0.3, 0.4) is 0 Å². The number of hydrogen-bond donors (Lipinski definition) is 3. The number of sulfonamides is 1. The molecular weight excluding hydrogens is 612 g/mol. The topological polar surface area (TPSA) is 130 Å². The molecule has 9 nitrogen and oxygen atoms in total. The van der Waals surface area contributed by atoms with Crippen molar-refractivity contribution in [2.24, 2.45) is 4.99 Å². The van der Waals surface area contributed by atoms with Crippen molar-refractivity contribution in [3.05, 3.63) is 141 Å². The van der Waals surface area contributed by atoms with Crippen LogP contribution in [0, 0.1) is 13.8 Å². The van der Waals surface area contributed by atoms with Crippen LogP contribution in [0.25, 0.3) is 22.0 Å². The van der Waals surface area contributed by atoms with Gasteiger partial charge in [0.25, 0.3) is 15.6 Å². The van der Waals surface area contributed by atoms with E-state index in [1.54, 1.807) is 48.5 Å². The second-order valence-corrected chi connectivity index (χ2v) is 13.2. The summed E-state index contributed by atoms with van der Waals surface area (Å²) in [6.45, 7) is 3.96. The zero-order valence-electron chi connectivity index (χ0n) is 25.2. The molecule has 1 aliphatic carbocycles. The Labute approximate surface area is 269 Å². The number of amidine groups is 1. The predicted octanol–water partition coefficient (Wildman–Crippen LogP) is 7.26. The van der Waals surface area contributed by atoms with Crippen LogP contribution in [0.5, 0.6) is 11.5 Å². The Hall–Kier alpha value is -6.00. The maximum Gasteiger partial charge on any atom is 0.265 e. The standard InChI is InChI=1S/C37H26N4O5S/c1-20-11-15-22(16-12-20)38-27-19-28(46-23-17-13-21(2)14-18-23)34-32-30(24-7-3-4-8-25(24)35(42)31(27)32)33(37(43)40-34)36-39-26-9-5-6-10-29(26)47(44,45)41-36/h3-19,38H,1-2H3,(H,39,41)(H,40,43). The van der Waals surface area contributed by atoms with Gasteiger partial charge in [-0.05, 0) is 55.8 Å². The van der Waals surface area contributed by atoms with Crippen molar-refractivity contribution in [3.8, 4) is 22.6 Å². The molecule has 0 bridgehead atoms. The van der Waals surface area contributed by atoms with E-state index >= 15 is 0 Å².